The number of fused-ring (bicyclic) bond motifs is 1. The van der Waals surface area contributed by atoms with Crippen LogP contribution >= 0.6 is 0 Å². The lowest BCUT2D eigenvalue weighted by Gasteiger charge is -2.37. The largest absolute Gasteiger partial charge is 0.389 e. The van der Waals surface area contributed by atoms with Gasteiger partial charge in [-0.3, -0.25) is 14.8 Å². The first-order chi connectivity index (χ1) is 10.5. The van der Waals surface area contributed by atoms with E-state index in [1.807, 2.05) is 26.0 Å². The fraction of sp³-hybridized carbons (Fsp3) is 0.500. The molecule has 0 aliphatic carbocycles. The Kier molecular flexibility index (Phi) is 4.43. The summed E-state index contributed by atoms with van der Waals surface area (Å²) in [4.78, 5) is 9.53. The summed E-state index contributed by atoms with van der Waals surface area (Å²) in [6.07, 6.45) is 0. The summed E-state index contributed by atoms with van der Waals surface area (Å²) in [5.41, 5.74) is 1.59. The predicted molar refractivity (Wildman–Crippen MR) is 89.8 cm³/mol. The number of hydrogen-bond donors (Lipinski definition) is 1. The third kappa shape index (κ3) is 4.03. The maximum atomic E-state index is 9.91. The Morgan fingerprint density at radius 1 is 1.00 bits per heavy atom. The summed E-state index contributed by atoms with van der Waals surface area (Å²) in [7, 11) is 0. The third-order valence-corrected chi connectivity index (χ3v) is 4.12. The molecule has 0 spiro atoms. The highest BCUT2D eigenvalue weighted by Gasteiger charge is 2.22. The summed E-state index contributed by atoms with van der Waals surface area (Å²) in [6, 6.07) is 12.5. The molecule has 1 aliphatic rings. The highest BCUT2D eigenvalue weighted by atomic mass is 16.3. The number of rotatable bonds is 4. The van der Waals surface area contributed by atoms with Gasteiger partial charge in [-0.05, 0) is 26.0 Å². The number of piperazine rings is 1. The van der Waals surface area contributed by atoms with Crippen molar-refractivity contribution in [3.05, 3.63) is 42.1 Å². The van der Waals surface area contributed by atoms with Crippen LogP contribution in [0.25, 0.3) is 10.9 Å². The van der Waals surface area contributed by atoms with Gasteiger partial charge in [0.05, 0.1) is 16.8 Å². The molecule has 118 valence electrons. The van der Waals surface area contributed by atoms with E-state index in [9.17, 15) is 5.11 Å². The molecule has 1 saturated heterocycles. The van der Waals surface area contributed by atoms with Crippen molar-refractivity contribution >= 4 is 10.9 Å². The van der Waals surface area contributed by atoms with E-state index in [0.29, 0.717) is 0 Å². The van der Waals surface area contributed by atoms with Crippen molar-refractivity contribution in [3.63, 3.8) is 0 Å². The smallest absolute Gasteiger partial charge is 0.0718 e. The van der Waals surface area contributed by atoms with Gasteiger partial charge in [0.1, 0.15) is 0 Å². The van der Waals surface area contributed by atoms with Crippen molar-refractivity contribution in [2.75, 3.05) is 32.7 Å². The molecule has 0 atom stereocenters. The van der Waals surface area contributed by atoms with E-state index in [1.54, 1.807) is 0 Å². The van der Waals surface area contributed by atoms with Gasteiger partial charge < -0.3 is 5.11 Å². The van der Waals surface area contributed by atoms with Crippen LogP contribution in [-0.2, 0) is 6.54 Å². The van der Waals surface area contributed by atoms with Crippen molar-refractivity contribution in [2.45, 2.75) is 26.0 Å². The minimum absolute atomic E-state index is 0.609. The second-order valence-corrected chi connectivity index (χ2v) is 6.86. The first kappa shape index (κ1) is 15.4. The number of aromatic nitrogens is 1. The maximum absolute atomic E-state index is 9.91. The highest BCUT2D eigenvalue weighted by molar-refractivity contribution is 5.78. The first-order valence-corrected chi connectivity index (χ1v) is 8.01. The first-order valence-electron chi connectivity index (χ1n) is 8.01. The van der Waals surface area contributed by atoms with Crippen LogP contribution in [0.2, 0.25) is 0 Å². The van der Waals surface area contributed by atoms with Crippen LogP contribution in [0.5, 0.6) is 0 Å². The van der Waals surface area contributed by atoms with E-state index in [-0.39, 0.29) is 0 Å². The molecule has 0 saturated carbocycles. The van der Waals surface area contributed by atoms with Crippen LogP contribution in [0.3, 0.4) is 0 Å². The van der Waals surface area contributed by atoms with Gasteiger partial charge in [-0.15, -0.1) is 0 Å². The van der Waals surface area contributed by atoms with Crippen LogP contribution < -0.4 is 0 Å². The van der Waals surface area contributed by atoms with E-state index in [1.165, 1.54) is 5.39 Å². The monoisotopic (exact) mass is 299 g/mol. The van der Waals surface area contributed by atoms with Crippen LogP contribution in [0.1, 0.15) is 19.5 Å². The second-order valence-electron chi connectivity index (χ2n) is 6.86. The van der Waals surface area contributed by atoms with Gasteiger partial charge in [-0.1, -0.05) is 24.3 Å². The van der Waals surface area contributed by atoms with Crippen molar-refractivity contribution in [3.8, 4) is 0 Å². The molecule has 22 heavy (non-hydrogen) atoms. The number of nitrogens with zero attached hydrogens (tertiary/aromatic N) is 3. The topological polar surface area (TPSA) is 39.6 Å². The van der Waals surface area contributed by atoms with E-state index in [0.717, 1.165) is 50.5 Å². The molecule has 1 aromatic heterocycles. The van der Waals surface area contributed by atoms with Crippen LogP contribution in [0.4, 0.5) is 0 Å². The van der Waals surface area contributed by atoms with E-state index in [2.05, 4.69) is 34.1 Å². The Hall–Kier alpha value is -1.49. The van der Waals surface area contributed by atoms with Gasteiger partial charge in [0, 0.05) is 44.7 Å². The number of β-amino-alcohol motifs (C(OH)–C–C–N with tert-alkyl or cyclic N) is 1. The van der Waals surface area contributed by atoms with Gasteiger partial charge in [-0.2, -0.15) is 0 Å². The van der Waals surface area contributed by atoms with Crippen molar-refractivity contribution in [1.82, 2.24) is 14.8 Å². The Bertz CT molecular complexity index is 628. The molecule has 1 N–H and O–H groups in total. The summed E-state index contributed by atoms with van der Waals surface area (Å²) in [5, 5.41) is 11.1. The molecular weight excluding hydrogens is 274 g/mol. The molecule has 2 heterocycles. The lowest BCUT2D eigenvalue weighted by atomic mass is 10.1. The van der Waals surface area contributed by atoms with Gasteiger partial charge in [0.15, 0.2) is 0 Å². The normalized spacial score (nSPS) is 18.0. The molecule has 0 radical (unpaired) electrons. The Balaban J connectivity index is 1.57. The molecule has 0 amide bonds. The molecular formula is C18H25N3O. The fourth-order valence-electron chi connectivity index (χ4n) is 3.08. The lowest BCUT2D eigenvalue weighted by Crippen LogP contribution is -2.50. The number of hydrogen-bond acceptors (Lipinski definition) is 4. The minimum Gasteiger partial charge on any atom is -0.389 e. The van der Waals surface area contributed by atoms with Gasteiger partial charge >= 0.3 is 0 Å². The average Bonchev–Trinajstić information content (AvgIpc) is 2.48. The lowest BCUT2D eigenvalue weighted by molar-refractivity contribution is 0.0165. The molecule has 4 nitrogen and oxygen atoms in total. The minimum atomic E-state index is -0.609. The predicted octanol–water partition coefficient (Wildman–Crippen LogP) is 2.12. The summed E-state index contributed by atoms with van der Waals surface area (Å²) in [5.74, 6) is 0. The molecule has 1 aliphatic heterocycles. The number of para-hydroxylation sites is 1. The number of pyridine rings is 1. The Labute approximate surface area is 132 Å². The zero-order chi connectivity index (χ0) is 15.6. The number of aliphatic hydroxyl groups is 1. The maximum Gasteiger partial charge on any atom is 0.0718 e. The quantitative estimate of drug-likeness (QED) is 0.939. The molecule has 2 aromatic rings. The van der Waals surface area contributed by atoms with Crippen molar-refractivity contribution < 1.29 is 5.11 Å². The number of benzene rings is 1. The summed E-state index contributed by atoms with van der Waals surface area (Å²) in [6.45, 7) is 9.48. The third-order valence-electron chi connectivity index (χ3n) is 4.12. The molecule has 3 rings (SSSR count). The Morgan fingerprint density at radius 2 is 1.68 bits per heavy atom. The second kappa shape index (κ2) is 6.32. The molecule has 1 fully saturated rings. The zero-order valence-electron chi connectivity index (χ0n) is 13.5. The molecule has 0 unspecified atom stereocenters. The zero-order valence-corrected chi connectivity index (χ0v) is 13.5. The Morgan fingerprint density at radius 3 is 2.41 bits per heavy atom. The van der Waals surface area contributed by atoms with Gasteiger partial charge in [-0.25, -0.2) is 0 Å². The molecule has 0 bridgehead atoms. The summed E-state index contributed by atoms with van der Waals surface area (Å²) >= 11 is 0. The highest BCUT2D eigenvalue weighted by Crippen LogP contribution is 2.14. The van der Waals surface area contributed by atoms with Gasteiger partial charge in [0.2, 0.25) is 0 Å². The van der Waals surface area contributed by atoms with E-state index in [4.69, 9.17) is 4.98 Å². The van der Waals surface area contributed by atoms with E-state index >= 15 is 0 Å². The molecule has 1 aromatic carbocycles. The fourth-order valence-corrected chi connectivity index (χ4v) is 3.08. The SMILES string of the molecule is CC(C)(O)CN1CCN(Cc2ccc3ccccc3n2)CC1. The average molecular weight is 299 g/mol. The van der Waals surface area contributed by atoms with Crippen LogP contribution in [-0.4, -0.2) is 58.2 Å². The van der Waals surface area contributed by atoms with Crippen molar-refractivity contribution in [1.29, 1.82) is 0 Å². The molecule has 4 heteroatoms. The summed E-state index contributed by atoms with van der Waals surface area (Å²) < 4.78 is 0. The standard InChI is InChI=1S/C18H25N3O/c1-18(2,22)14-21-11-9-20(10-12-21)13-16-8-7-15-5-3-4-6-17(15)19-16/h3-8,22H,9-14H2,1-2H3. The van der Waals surface area contributed by atoms with Crippen LogP contribution in [0.15, 0.2) is 36.4 Å². The van der Waals surface area contributed by atoms with Gasteiger partial charge in [0.25, 0.3) is 0 Å². The van der Waals surface area contributed by atoms with Crippen LogP contribution in [0, 0.1) is 0 Å². The van der Waals surface area contributed by atoms with Crippen molar-refractivity contribution in [2.24, 2.45) is 0 Å². The van der Waals surface area contributed by atoms with E-state index < -0.39 is 5.60 Å².